The number of alkyl carbamates (subject to hydrolysis) is 1. The van der Waals surface area contributed by atoms with Crippen molar-refractivity contribution in [2.24, 2.45) is 11.8 Å². The highest BCUT2D eigenvalue weighted by Gasteiger charge is 2.44. The Morgan fingerprint density at radius 3 is 2.59 bits per heavy atom. The minimum absolute atomic E-state index is 0.0109. The van der Waals surface area contributed by atoms with E-state index in [-0.39, 0.29) is 61.9 Å². The van der Waals surface area contributed by atoms with Gasteiger partial charge in [0.1, 0.15) is 18.5 Å². The Kier molecular flexibility index (Phi) is 11.3. The molecule has 15 nitrogen and oxygen atoms in total. The summed E-state index contributed by atoms with van der Waals surface area (Å²) in [5, 5.41) is 25.6. The van der Waals surface area contributed by atoms with Crippen LogP contribution in [-0.4, -0.2) is 86.5 Å². The molecule has 3 aliphatic rings. The molecule has 0 unspecified atom stereocenters. The molecule has 6 rings (SSSR count). The van der Waals surface area contributed by atoms with Crippen LogP contribution >= 0.6 is 0 Å². The third-order valence-corrected chi connectivity index (χ3v) is 10.7. The number of rotatable bonds is 15. The average molecular weight is 728 g/mol. The minimum atomic E-state index is -4.11. The van der Waals surface area contributed by atoms with Gasteiger partial charge >= 0.3 is 6.09 Å². The highest BCUT2D eigenvalue weighted by atomic mass is 32.2. The molecule has 2 saturated heterocycles. The number of non-ortho nitro benzene ring substituents is 1. The fourth-order valence-corrected chi connectivity index (χ4v) is 7.89. The number of nitrogens with zero attached hydrogens (tertiary/aromatic N) is 2. The van der Waals surface area contributed by atoms with Crippen LogP contribution in [0.5, 0.6) is 17.2 Å². The van der Waals surface area contributed by atoms with Crippen LogP contribution in [0.3, 0.4) is 0 Å². The summed E-state index contributed by atoms with van der Waals surface area (Å²) in [6.07, 6.45) is -2.27. The molecule has 16 heteroatoms. The molecule has 274 valence electrons. The van der Waals surface area contributed by atoms with Gasteiger partial charge in [-0.25, -0.2) is 13.2 Å². The van der Waals surface area contributed by atoms with Crippen molar-refractivity contribution in [3.8, 4) is 17.2 Å². The molecule has 0 radical (unpaired) electrons. The molecular weight excluding hydrogens is 686 g/mol. The summed E-state index contributed by atoms with van der Waals surface area (Å²) in [6, 6.07) is 16.5. The van der Waals surface area contributed by atoms with Gasteiger partial charge in [0.15, 0.2) is 17.8 Å². The Balaban J connectivity index is 1.17. The number of fused-ring (bicyclic) bond motifs is 2. The van der Waals surface area contributed by atoms with Crippen molar-refractivity contribution in [2.45, 2.75) is 62.7 Å². The average Bonchev–Trinajstić information content (AvgIpc) is 3.86. The number of benzene rings is 3. The quantitative estimate of drug-likeness (QED) is 0.170. The molecule has 2 N–H and O–H groups in total. The first kappa shape index (κ1) is 36.3. The summed E-state index contributed by atoms with van der Waals surface area (Å²) in [5.41, 5.74) is 1.31. The molecule has 3 aromatic carbocycles. The zero-order valence-corrected chi connectivity index (χ0v) is 29.0. The molecule has 2 fully saturated rings. The van der Waals surface area contributed by atoms with Crippen LogP contribution < -0.4 is 19.5 Å². The predicted molar refractivity (Wildman–Crippen MR) is 181 cm³/mol. The summed E-state index contributed by atoms with van der Waals surface area (Å²) in [7, 11) is -4.11. The molecule has 3 aliphatic heterocycles. The van der Waals surface area contributed by atoms with E-state index in [1.54, 1.807) is 36.4 Å². The van der Waals surface area contributed by atoms with E-state index in [0.717, 1.165) is 0 Å². The van der Waals surface area contributed by atoms with E-state index >= 15 is 0 Å². The number of amides is 1. The molecule has 51 heavy (non-hydrogen) atoms. The molecule has 3 heterocycles. The number of nitro groups is 1. The lowest BCUT2D eigenvalue weighted by atomic mass is 10.0. The van der Waals surface area contributed by atoms with E-state index in [4.69, 9.17) is 28.4 Å². The Morgan fingerprint density at radius 1 is 1.04 bits per heavy atom. The molecule has 0 bridgehead atoms. The number of aliphatic hydroxyl groups is 1. The Hall–Kier alpha value is -4.48. The first-order valence-electron chi connectivity index (χ1n) is 16.7. The van der Waals surface area contributed by atoms with E-state index in [1.165, 1.54) is 34.6 Å². The van der Waals surface area contributed by atoms with Crippen LogP contribution in [0.15, 0.2) is 71.6 Å². The maximum Gasteiger partial charge on any atom is 0.407 e. The van der Waals surface area contributed by atoms with Crippen molar-refractivity contribution < 1.29 is 51.7 Å². The maximum atomic E-state index is 13.9. The standard InChI is InChI=1S/C35H41N3O12S/c1-22(2)17-37(51(43,44)27-10-11-31-32(16-27)49-21-48-31)18-30(39)29(36-35(40)50-33-20-47-34-28(33)12-13-45-34)15-23-6-8-26(9-7-23)46-19-24-4-3-5-25(14-24)38(41)42/h3-11,14,16,22,28-30,33-34,39H,12-13,15,17-21H2,1-2H3,(H,36,40)/t28-,29+,30-,33-,34+/m1/s1. The number of aliphatic hydroxyl groups excluding tert-OH is 1. The van der Waals surface area contributed by atoms with E-state index in [1.807, 2.05) is 13.8 Å². The highest BCUT2D eigenvalue weighted by Crippen LogP contribution is 2.35. The predicted octanol–water partition coefficient (Wildman–Crippen LogP) is 4.01. The summed E-state index contributed by atoms with van der Waals surface area (Å²) in [5.74, 6) is 1.07. The molecule has 0 spiro atoms. The number of nitro benzene ring substituents is 1. The minimum Gasteiger partial charge on any atom is -0.489 e. The first-order chi connectivity index (χ1) is 24.5. The van der Waals surface area contributed by atoms with Gasteiger partial charge < -0.3 is 38.8 Å². The SMILES string of the molecule is CC(C)CN(C[C@@H](O)[C@H](Cc1ccc(OCc2cccc([N+](=O)[O-])c2)cc1)NC(=O)O[C@@H]1CO[C@@H]2OCC[C@@H]21)S(=O)(=O)c1ccc2c(c1)OCO2. The number of nitrogens with one attached hydrogen (secondary N) is 1. The third-order valence-electron chi connectivity index (χ3n) is 8.86. The van der Waals surface area contributed by atoms with Gasteiger partial charge in [0.2, 0.25) is 16.8 Å². The van der Waals surface area contributed by atoms with E-state index in [0.29, 0.717) is 41.4 Å². The van der Waals surface area contributed by atoms with Crippen molar-refractivity contribution in [3.05, 3.63) is 88.0 Å². The van der Waals surface area contributed by atoms with Gasteiger partial charge in [-0.1, -0.05) is 38.1 Å². The van der Waals surface area contributed by atoms with Gasteiger partial charge in [-0.15, -0.1) is 0 Å². The number of ether oxygens (including phenoxy) is 6. The second-order valence-electron chi connectivity index (χ2n) is 13.1. The molecular formula is C35H41N3O12S. The van der Waals surface area contributed by atoms with Gasteiger partial charge in [0.05, 0.1) is 41.1 Å². The van der Waals surface area contributed by atoms with Crippen LogP contribution in [0.4, 0.5) is 10.5 Å². The highest BCUT2D eigenvalue weighted by molar-refractivity contribution is 7.89. The van der Waals surface area contributed by atoms with Crippen molar-refractivity contribution >= 4 is 21.8 Å². The van der Waals surface area contributed by atoms with Crippen molar-refractivity contribution in [3.63, 3.8) is 0 Å². The summed E-state index contributed by atoms with van der Waals surface area (Å²) < 4.78 is 62.5. The van der Waals surface area contributed by atoms with Gasteiger partial charge in [0.25, 0.3) is 5.69 Å². The lowest BCUT2D eigenvalue weighted by Gasteiger charge is -2.31. The lowest BCUT2D eigenvalue weighted by molar-refractivity contribution is -0.384. The number of hydrogen-bond donors (Lipinski definition) is 2. The van der Waals surface area contributed by atoms with E-state index in [9.17, 15) is 28.4 Å². The van der Waals surface area contributed by atoms with Crippen LogP contribution in [0.25, 0.3) is 0 Å². The van der Waals surface area contributed by atoms with Crippen LogP contribution in [0.2, 0.25) is 0 Å². The summed E-state index contributed by atoms with van der Waals surface area (Å²) in [4.78, 5) is 23.9. The Morgan fingerprint density at radius 2 is 1.82 bits per heavy atom. The Labute approximate surface area is 295 Å². The molecule has 0 aliphatic carbocycles. The normalized spacial score (nSPS) is 20.6. The fraction of sp³-hybridized carbons (Fsp3) is 0.457. The van der Waals surface area contributed by atoms with E-state index in [2.05, 4.69) is 5.32 Å². The zero-order valence-electron chi connectivity index (χ0n) is 28.2. The fourth-order valence-electron chi connectivity index (χ4n) is 6.26. The topological polar surface area (TPSA) is 185 Å². The van der Waals surface area contributed by atoms with Gasteiger partial charge in [-0.2, -0.15) is 4.31 Å². The number of sulfonamides is 1. The number of carbonyl (C=O) groups is 1. The smallest absolute Gasteiger partial charge is 0.407 e. The lowest BCUT2D eigenvalue weighted by Crippen LogP contribution is -2.51. The Bertz CT molecular complexity index is 1810. The van der Waals surface area contributed by atoms with Crippen LogP contribution in [-0.2, 0) is 37.3 Å². The van der Waals surface area contributed by atoms with Crippen LogP contribution in [0.1, 0.15) is 31.4 Å². The van der Waals surface area contributed by atoms with Gasteiger partial charge in [-0.05, 0) is 54.2 Å². The first-order valence-corrected chi connectivity index (χ1v) is 18.1. The van der Waals surface area contributed by atoms with Gasteiger partial charge in [-0.3, -0.25) is 10.1 Å². The van der Waals surface area contributed by atoms with E-state index < -0.39 is 45.6 Å². The molecule has 1 amide bonds. The number of hydrogen-bond acceptors (Lipinski definition) is 12. The second-order valence-corrected chi connectivity index (χ2v) is 15.0. The zero-order chi connectivity index (χ0) is 36.1. The van der Waals surface area contributed by atoms with Crippen molar-refractivity contribution in [1.29, 1.82) is 0 Å². The molecule has 0 saturated carbocycles. The molecule has 0 aromatic heterocycles. The largest absolute Gasteiger partial charge is 0.489 e. The molecule has 3 aromatic rings. The third kappa shape index (κ3) is 8.88. The number of carbonyl (C=O) groups excluding carboxylic acids is 1. The van der Waals surface area contributed by atoms with Gasteiger partial charge in [0, 0.05) is 31.3 Å². The maximum absolute atomic E-state index is 13.9. The second kappa shape index (κ2) is 15.8. The van der Waals surface area contributed by atoms with Crippen LogP contribution in [0, 0.1) is 22.0 Å². The monoisotopic (exact) mass is 727 g/mol. The van der Waals surface area contributed by atoms with Crippen molar-refractivity contribution in [2.75, 3.05) is 33.1 Å². The summed E-state index contributed by atoms with van der Waals surface area (Å²) in [6.45, 7) is 4.30. The molecule has 5 atom stereocenters. The van der Waals surface area contributed by atoms with Crippen molar-refractivity contribution in [1.82, 2.24) is 9.62 Å². The summed E-state index contributed by atoms with van der Waals surface area (Å²) >= 11 is 0.